The summed E-state index contributed by atoms with van der Waals surface area (Å²) in [6.07, 6.45) is 0.893. The molecule has 1 aromatic heterocycles. The van der Waals surface area contributed by atoms with Gasteiger partial charge in [-0.3, -0.25) is 4.98 Å². The maximum Gasteiger partial charge on any atom is 0.205 e. The number of nitrogens with zero attached hydrogens (tertiary/aromatic N) is 2. The summed E-state index contributed by atoms with van der Waals surface area (Å²) in [5.74, 6) is 0. The van der Waals surface area contributed by atoms with Gasteiger partial charge >= 0.3 is 0 Å². The van der Waals surface area contributed by atoms with E-state index in [0.29, 0.717) is 11.4 Å². The van der Waals surface area contributed by atoms with Gasteiger partial charge in [-0.2, -0.15) is 0 Å². The minimum Gasteiger partial charge on any atom is -0.387 e. The van der Waals surface area contributed by atoms with Crippen molar-refractivity contribution in [1.82, 2.24) is 4.98 Å². The Labute approximate surface area is 65.1 Å². The molecule has 0 unspecified atom stereocenters. The van der Waals surface area contributed by atoms with E-state index in [1.165, 1.54) is 6.20 Å². The van der Waals surface area contributed by atoms with Crippen molar-refractivity contribution in [1.29, 1.82) is 0 Å². The van der Waals surface area contributed by atoms with Crippen molar-refractivity contribution in [2.24, 2.45) is 0 Å². The second-order valence-electron chi connectivity index (χ2n) is 2.23. The van der Waals surface area contributed by atoms with E-state index in [-0.39, 0.29) is 0 Å². The van der Waals surface area contributed by atoms with Crippen LogP contribution in [0.1, 0.15) is 18.7 Å². The molecule has 0 bridgehead atoms. The van der Waals surface area contributed by atoms with Gasteiger partial charge in [0.2, 0.25) is 5.69 Å². The molecule has 56 valence electrons. The van der Waals surface area contributed by atoms with Crippen LogP contribution in [0, 0.1) is 6.57 Å². The van der Waals surface area contributed by atoms with E-state index in [2.05, 4.69) is 9.83 Å². The van der Waals surface area contributed by atoms with Crippen LogP contribution >= 0.6 is 0 Å². The van der Waals surface area contributed by atoms with Crippen LogP contribution in [0.5, 0.6) is 0 Å². The normalized spacial score (nSPS) is 12.1. The van der Waals surface area contributed by atoms with Gasteiger partial charge in [-0.1, -0.05) is 6.07 Å². The average Bonchev–Trinajstić information content (AvgIpc) is 2.05. The Balaban J connectivity index is 2.94. The Kier molecular flexibility index (Phi) is 2.19. The molecule has 11 heavy (non-hydrogen) atoms. The topological polar surface area (TPSA) is 37.5 Å². The lowest BCUT2D eigenvalue weighted by Crippen LogP contribution is -1.92. The van der Waals surface area contributed by atoms with E-state index >= 15 is 0 Å². The van der Waals surface area contributed by atoms with Crippen molar-refractivity contribution in [3.05, 3.63) is 35.4 Å². The van der Waals surface area contributed by atoms with Crippen LogP contribution in [0.2, 0.25) is 0 Å². The average molecular weight is 148 g/mol. The molecule has 1 rings (SSSR count). The highest BCUT2D eigenvalue weighted by molar-refractivity contribution is 5.41. The van der Waals surface area contributed by atoms with Gasteiger partial charge < -0.3 is 5.11 Å². The molecule has 0 aromatic carbocycles. The van der Waals surface area contributed by atoms with Gasteiger partial charge in [-0.15, -0.1) is 0 Å². The van der Waals surface area contributed by atoms with Gasteiger partial charge in [0.15, 0.2) is 0 Å². The van der Waals surface area contributed by atoms with Gasteiger partial charge in [-0.25, -0.2) is 4.85 Å². The van der Waals surface area contributed by atoms with Crippen molar-refractivity contribution in [3.8, 4) is 0 Å². The second-order valence-corrected chi connectivity index (χ2v) is 2.23. The maximum absolute atomic E-state index is 9.05. The number of aromatic nitrogens is 1. The summed E-state index contributed by atoms with van der Waals surface area (Å²) in [6.45, 7) is 8.28. The third-order valence-corrected chi connectivity index (χ3v) is 1.33. The molecule has 3 heteroatoms. The molecule has 0 aliphatic carbocycles. The van der Waals surface area contributed by atoms with Crippen LogP contribution in [-0.4, -0.2) is 10.1 Å². The quantitative estimate of drug-likeness (QED) is 0.615. The van der Waals surface area contributed by atoms with Crippen molar-refractivity contribution >= 4 is 5.69 Å². The summed E-state index contributed by atoms with van der Waals surface area (Å²) < 4.78 is 0. The second kappa shape index (κ2) is 3.13. The van der Waals surface area contributed by atoms with E-state index < -0.39 is 6.10 Å². The minimum atomic E-state index is -0.560. The molecule has 0 aliphatic heterocycles. The minimum absolute atomic E-state index is 0.495. The van der Waals surface area contributed by atoms with Crippen LogP contribution < -0.4 is 0 Å². The SMILES string of the molecule is [C-]#[N+]c1ccc([C@H](C)O)nc1. The first-order chi connectivity index (χ1) is 5.24. The summed E-state index contributed by atoms with van der Waals surface area (Å²) in [5, 5.41) is 9.05. The zero-order chi connectivity index (χ0) is 8.27. The summed E-state index contributed by atoms with van der Waals surface area (Å²) >= 11 is 0. The molecule has 1 aromatic rings. The van der Waals surface area contributed by atoms with Crippen LogP contribution in [-0.2, 0) is 0 Å². The van der Waals surface area contributed by atoms with Crippen LogP contribution in [0.3, 0.4) is 0 Å². The standard InChI is InChI=1S/C8H8N2O/c1-6(11)8-4-3-7(9-2)5-10-8/h3-6,11H,1H3/t6-/m0/s1. The van der Waals surface area contributed by atoms with Gasteiger partial charge in [-0.05, 0) is 13.0 Å². The maximum atomic E-state index is 9.05. The molecule has 0 aliphatic rings. The highest BCUT2D eigenvalue weighted by atomic mass is 16.3. The number of pyridine rings is 1. The molecule has 0 radical (unpaired) electrons. The predicted molar refractivity (Wildman–Crippen MR) is 41.1 cm³/mol. The Bertz CT molecular complexity index is 271. The largest absolute Gasteiger partial charge is 0.387 e. The smallest absolute Gasteiger partial charge is 0.205 e. The number of aliphatic hydroxyl groups is 1. The van der Waals surface area contributed by atoms with Gasteiger partial charge in [0.1, 0.15) is 0 Å². The molecule has 1 heterocycles. The Hall–Kier alpha value is -1.40. The summed E-state index contributed by atoms with van der Waals surface area (Å²) in [6, 6.07) is 3.29. The molecule has 3 nitrogen and oxygen atoms in total. The molecule has 1 atom stereocenters. The molecule has 0 saturated heterocycles. The van der Waals surface area contributed by atoms with Crippen LogP contribution in [0.25, 0.3) is 4.85 Å². The van der Waals surface area contributed by atoms with Crippen molar-refractivity contribution < 1.29 is 5.11 Å². The fourth-order valence-electron chi connectivity index (χ4n) is 0.711. The van der Waals surface area contributed by atoms with Crippen LogP contribution in [0.4, 0.5) is 5.69 Å². The number of hydrogen-bond acceptors (Lipinski definition) is 2. The summed E-state index contributed by atoms with van der Waals surface area (Å²) in [5.41, 5.74) is 1.09. The highest BCUT2D eigenvalue weighted by Gasteiger charge is 2.00. The van der Waals surface area contributed by atoms with E-state index in [1.54, 1.807) is 19.1 Å². The monoisotopic (exact) mass is 148 g/mol. The first-order valence-corrected chi connectivity index (χ1v) is 3.25. The van der Waals surface area contributed by atoms with E-state index in [1.807, 2.05) is 0 Å². The highest BCUT2D eigenvalue weighted by Crippen LogP contribution is 2.13. The lowest BCUT2D eigenvalue weighted by molar-refractivity contribution is 0.194. The molecular weight excluding hydrogens is 140 g/mol. The fourth-order valence-corrected chi connectivity index (χ4v) is 0.711. The molecule has 0 fully saturated rings. The number of aliphatic hydroxyl groups excluding tert-OH is 1. The fraction of sp³-hybridized carbons (Fsp3) is 0.250. The Morgan fingerprint density at radius 1 is 1.64 bits per heavy atom. The third-order valence-electron chi connectivity index (χ3n) is 1.33. The predicted octanol–water partition coefficient (Wildman–Crippen LogP) is 1.69. The number of rotatable bonds is 1. The van der Waals surface area contributed by atoms with Crippen molar-refractivity contribution in [3.63, 3.8) is 0 Å². The molecule has 1 N–H and O–H groups in total. The lowest BCUT2D eigenvalue weighted by atomic mass is 10.2. The van der Waals surface area contributed by atoms with Gasteiger partial charge in [0.05, 0.1) is 18.4 Å². The molecule has 0 amide bonds. The first-order valence-electron chi connectivity index (χ1n) is 3.25. The zero-order valence-corrected chi connectivity index (χ0v) is 6.15. The summed E-state index contributed by atoms with van der Waals surface area (Å²) in [4.78, 5) is 7.06. The van der Waals surface area contributed by atoms with E-state index in [0.717, 1.165) is 0 Å². The third kappa shape index (κ3) is 1.76. The zero-order valence-electron chi connectivity index (χ0n) is 6.15. The molecule has 0 spiro atoms. The van der Waals surface area contributed by atoms with Crippen LogP contribution in [0.15, 0.2) is 18.3 Å². The molecular formula is C8H8N2O. The summed E-state index contributed by atoms with van der Waals surface area (Å²) in [7, 11) is 0. The van der Waals surface area contributed by atoms with Gasteiger partial charge in [0, 0.05) is 6.20 Å². The van der Waals surface area contributed by atoms with E-state index in [9.17, 15) is 0 Å². The Morgan fingerprint density at radius 3 is 2.73 bits per heavy atom. The molecule has 0 saturated carbocycles. The van der Waals surface area contributed by atoms with Crippen molar-refractivity contribution in [2.45, 2.75) is 13.0 Å². The van der Waals surface area contributed by atoms with Crippen molar-refractivity contribution in [2.75, 3.05) is 0 Å². The lowest BCUT2D eigenvalue weighted by Gasteiger charge is -2.01. The van der Waals surface area contributed by atoms with Gasteiger partial charge in [0.25, 0.3) is 0 Å². The Morgan fingerprint density at radius 2 is 2.36 bits per heavy atom. The first kappa shape index (κ1) is 7.70. The number of hydrogen-bond donors (Lipinski definition) is 1. The van der Waals surface area contributed by atoms with E-state index in [4.69, 9.17) is 11.7 Å².